The molecule has 13 heteroatoms. The number of ether oxygens (including phenoxy) is 2. The van der Waals surface area contributed by atoms with Crippen molar-refractivity contribution in [2.24, 2.45) is 17.6 Å². The molecule has 0 bridgehead atoms. The van der Waals surface area contributed by atoms with Gasteiger partial charge in [-0.2, -0.15) is 0 Å². The van der Waals surface area contributed by atoms with Crippen LogP contribution in [0.15, 0.2) is 24.3 Å². The maximum absolute atomic E-state index is 13.7. The summed E-state index contributed by atoms with van der Waals surface area (Å²) >= 11 is 0. The molecule has 0 saturated heterocycles. The van der Waals surface area contributed by atoms with Gasteiger partial charge in [-0.25, -0.2) is 9.59 Å². The van der Waals surface area contributed by atoms with Crippen LogP contribution in [-0.2, 0) is 35.1 Å². The lowest BCUT2D eigenvalue weighted by Crippen LogP contribution is -2.59. The predicted molar refractivity (Wildman–Crippen MR) is 163 cm³/mol. The number of esters is 1. The van der Waals surface area contributed by atoms with E-state index in [9.17, 15) is 34.2 Å². The van der Waals surface area contributed by atoms with Gasteiger partial charge in [0.15, 0.2) is 0 Å². The first-order chi connectivity index (χ1) is 20.5. The molecular weight excluding hydrogens is 572 g/mol. The number of carbonyl (C=O) groups excluding carboxylic acids is 5. The number of carbonyl (C=O) groups is 5. The normalized spacial score (nSPS) is 14.1. The van der Waals surface area contributed by atoms with Crippen molar-refractivity contribution in [1.29, 1.82) is 0 Å². The van der Waals surface area contributed by atoms with Crippen LogP contribution in [0.4, 0.5) is 4.79 Å². The molecule has 1 aromatic rings. The fraction of sp³-hybridized carbons (Fsp3) is 0.645. The monoisotopic (exact) mass is 622 g/mol. The van der Waals surface area contributed by atoms with Crippen molar-refractivity contribution in [3.63, 3.8) is 0 Å². The van der Waals surface area contributed by atoms with Crippen molar-refractivity contribution >= 4 is 29.8 Å². The number of aromatic hydroxyl groups is 1. The number of amides is 4. The number of aliphatic hydroxyl groups is 1. The minimum absolute atomic E-state index is 0.0252. The Labute approximate surface area is 259 Å². The number of alkyl carbamates (subject to hydrolysis) is 1. The number of aryl methyl sites for hydroxylation is 1. The van der Waals surface area contributed by atoms with E-state index in [-0.39, 0.29) is 18.7 Å². The van der Waals surface area contributed by atoms with Crippen LogP contribution < -0.4 is 16.4 Å². The molecule has 0 fully saturated rings. The number of nitrogens with zero attached hydrogens (tertiary/aromatic N) is 1. The van der Waals surface area contributed by atoms with Crippen LogP contribution >= 0.6 is 0 Å². The zero-order chi connectivity index (χ0) is 33.6. The van der Waals surface area contributed by atoms with Crippen molar-refractivity contribution < 1.29 is 43.7 Å². The molecule has 1 rings (SSSR count). The molecule has 0 aliphatic carbocycles. The van der Waals surface area contributed by atoms with Crippen LogP contribution in [-0.4, -0.2) is 88.9 Å². The summed E-state index contributed by atoms with van der Waals surface area (Å²) in [6.45, 7) is 8.96. The Morgan fingerprint density at radius 3 is 2.14 bits per heavy atom. The van der Waals surface area contributed by atoms with Crippen LogP contribution in [0.5, 0.6) is 5.75 Å². The molecule has 6 N–H and O–H groups in total. The average molecular weight is 623 g/mol. The van der Waals surface area contributed by atoms with Gasteiger partial charge in [0.2, 0.25) is 17.7 Å². The first-order valence-electron chi connectivity index (χ1n) is 14.9. The maximum Gasteiger partial charge on any atom is 0.408 e. The van der Waals surface area contributed by atoms with Crippen molar-refractivity contribution in [3.05, 3.63) is 29.8 Å². The van der Waals surface area contributed by atoms with Crippen molar-refractivity contribution in [1.82, 2.24) is 15.5 Å². The molecular formula is C31H50N4O9. The van der Waals surface area contributed by atoms with Gasteiger partial charge in [0.1, 0.15) is 23.4 Å². The number of imide groups is 1. The van der Waals surface area contributed by atoms with Gasteiger partial charge in [-0.3, -0.25) is 19.3 Å². The van der Waals surface area contributed by atoms with Crippen molar-refractivity contribution in [2.45, 2.75) is 97.4 Å². The summed E-state index contributed by atoms with van der Waals surface area (Å²) < 4.78 is 10.0. The third-order valence-corrected chi connectivity index (χ3v) is 6.84. The summed E-state index contributed by atoms with van der Waals surface area (Å²) in [5.41, 5.74) is 6.52. The number of nitrogens with one attached hydrogen (secondary N) is 2. The molecule has 4 atom stereocenters. The molecule has 0 heterocycles. The molecule has 13 nitrogen and oxygen atoms in total. The van der Waals surface area contributed by atoms with Gasteiger partial charge in [0.25, 0.3) is 0 Å². The fourth-order valence-corrected chi connectivity index (χ4v) is 4.38. The summed E-state index contributed by atoms with van der Waals surface area (Å²) in [5, 5.41) is 24.4. The van der Waals surface area contributed by atoms with E-state index >= 15 is 0 Å². The largest absolute Gasteiger partial charge is 0.508 e. The molecule has 44 heavy (non-hydrogen) atoms. The number of phenolic OH excluding ortho intramolecular Hbond substituents is 1. The van der Waals surface area contributed by atoms with Crippen LogP contribution in [0.1, 0.15) is 72.8 Å². The number of nitrogens with two attached hydrogens (primary N) is 1. The highest BCUT2D eigenvalue weighted by Crippen LogP contribution is 2.20. The molecule has 4 amide bonds. The maximum atomic E-state index is 13.7. The number of benzene rings is 1. The molecule has 1 aromatic carbocycles. The fourth-order valence-electron chi connectivity index (χ4n) is 4.38. The molecule has 0 spiro atoms. The molecule has 0 radical (unpaired) electrons. The van der Waals surface area contributed by atoms with Gasteiger partial charge >= 0.3 is 12.1 Å². The van der Waals surface area contributed by atoms with E-state index in [0.29, 0.717) is 12.8 Å². The van der Waals surface area contributed by atoms with E-state index in [2.05, 4.69) is 10.6 Å². The Balaban J connectivity index is 2.93. The SMILES string of the molecule is COC(=O)[C@H](C(C)C)N(C(=O)CCCCCc1ccc(O)cc1)C(=O)[C@@H](N)C(CO)CNC(=O)[C@H](C)NC(=O)OC(C)(C)C. The van der Waals surface area contributed by atoms with Crippen LogP contribution in [0.25, 0.3) is 0 Å². The Morgan fingerprint density at radius 2 is 1.61 bits per heavy atom. The Hall–Kier alpha value is -3.71. The first-order valence-corrected chi connectivity index (χ1v) is 14.9. The summed E-state index contributed by atoms with van der Waals surface area (Å²) in [4.78, 5) is 65.2. The quantitative estimate of drug-likeness (QED) is 0.134. The van der Waals surface area contributed by atoms with E-state index in [1.54, 1.807) is 46.8 Å². The predicted octanol–water partition coefficient (Wildman–Crippen LogP) is 2.01. The summed E-state index contributed by atoms with van der Waals surface area (Å²) in [6.07, 6.45) is 1.82. The number of hydrogen-bond donors (Lipinski definition) is 5. The minimum Gasteiger partial charge on any atom is -0.508 e. The molecule has 248 valence electrons. The Kier molecular flexibility index (Phi) is 15.8. The van der Waals surface area contributed by atoms with Crippen LogP contribution in [0, 0.1) is 11.8 Å². The zero-order valence-electron chi connectivity index (χ0n) is 26.9. The second-order valence-corrected chi connectivity index (χ2v) is 12.1. The van der Waals surface area contributed by atoms with Gasteiger partial charge in [0, 0.05) is 25.5 Å². The highest BCUT2D eigenvalue weighted by Gasteiger charge is 2.41. The van der Waals surface area contributed by atoms with Gasteiger partial charge in [-0.15, -0.1) is 0 Å². The highest BCUT2D eigenvalue weighted by atomic mass is 16.6. The molecule has 1 unspecified atom stereocenters. The molecule has 0 aliphatic heterocycles. The van der Waals surface area contributed by atoms with Crippen molar-refractivity contribution in [3.8, 4) is 5.75 Å². The topological polar surface area (TPSA) is 198 Å². The number of aliphatic hydroxyl groups excluding tert-OH is 1. The van der Waals surface area contributed by atoms with Gasteiger partial charge in [0.05, 0.1) is 13.2 Å². The van der Waals surface area contributed by atoms with E-state index in [1.807, 2.05) is 12.1 Å². The number of hydrogen-bond acceptors (Lipinski definition) is 10. The zero-order valence-corrected chi connectivity index (χ0v) is 26.9. The third kappa shape index (κ3) is 12.9. The minimum atomic E-state index is -1.45. The summed E-state index contributed by atoms with van der Waals surface area (Å²) in [6, 6.07) is 3.18. The highest BCUT2D eigenvalue weighted by molar-refractivity contribution is 6.01. The second-order valence-electron chi connectivity index (χ2n) is 12.1. The van der Waals surface area contributed by atoms with Crippen LogP contribution in [0.2, 0.25) is 0 Å². The number of methoxy groups -OCH3 is 1. The van der Waals surface area contributed by atoms with Gasteiger partial charge < -0.3 is 36.1 Å². The number of unbranched alkanes of at least 4 members (excludes halogenated alkanes) is 2. The molecule has 0 aliphatic rings. The van der Waals surface area contributed by atoms with E-state index < -0.39 is 72.0 Å². The standard InChI is InChI=1S/C31H50N4O9/c1-19(2)26(29(41)43-7)35(24(38)12-10-8-9-11-21-13-15-23(37)16-14-21)28(40)25(32)22(18-36)17-33-27(39)20(3)34-30(42)44-31(4,5)6/h13-16,19-20,22,25-26,36-37H,8-12,17-18,32H2,1-7H3,(H,33,39)(H,34,42)/t20-,22?,25-,26-/m0/s1. The Morgan fingerprint density at radius 1 is 1.00 bits per heavy atom. The average Bonchev–Trinajstić information content (AvgIpc) is 2.94. The smallest absolute Gasteiger partial charge is 0.408 e. The lowest BCUT2D eigenvalue weighted by Gasteiger charge is -2.34. The van der Waals surface area contributed by atoms with Gasteiger partial charge in [-0.1, -0.05) is 32.4 Å². The number of phenols is 1. The van der Waals surface area contributed by atoms with Crippen LogP contribution in [0.3, 0.4) is 0 Å². The lowest BCUT2D eigenvalue weighted by atomic mass is 9.95. The van der Waals surface area contributed by atoms with E-state index in [0.717, 1.165) is 30.4 Å². The molecule has 0 saturated carbocycles. The summed E-state index contributed by atoms with van der Waals surface area (Å²) in [5.74, 6) is -4.19. The lowest BCUT2D eigenvalue weighted by molar-refractivity contribution is -0.163. The molecule has 0 aromatic heterocycles. The van der Waals surface area contributed by atoms with E-state index in [4.69, 9.17) is 15.2 Å². The first kappa shape index (κ1) is 38.3. The van der Waals surface area contributed by atoms with Gasteiger partial charge in [-0.05, 0) is 70.6 Å². The Bertz CT molecular complexity index is 1100. The van der Waals surface area contributed by atoms with Crippen molar-refractivity contribution in [2.75, 3.05) is 20.3 Å². The third-order valence-electron chi connectivity index (χ3n) is 6.84. The van der Waals surface area contributed by atoms with E-state index in [1.165, 1.54) is 6.92 Å². The number of rotatable bonds is 16. The summed E-state index contributed by atoms with van der Waals surface area (Å²) in [7, 11) is 1.16. The second kappa shape index (κ2) is 18.2.